The maximum Gasteiger partial charge on any atom is 0.160 e. The summed E-state index contributed by atoms with van der Waals surface area (Å²) in [7, 11) is 1.68. The summed E-state index contributed by atoms with van der Waals surface area (Å²) in [6.07, 6.45) is 10.1. The van der Waals surface area contributed by atoms with Crippen LogP contribution in [0, 0.1) is 0 Å². The van der Waals surface area contributed by atoms with Gasteiger partial charge in [-0.15, -0.1) is 0 Å². The maximum atomic E-state index is 5.88. The van der Waals surface area contributed by atoms with Crippen LogP contribution < -0.4 is 10.1 Å². The molecule has 3 aliphatic rings. The van der Waals surface area contributed by atoms with E-state index in [0.717, 1.165) is 84.6 Å². The minimum absolute atomic E-state index is 0.0845. The van der Waals surface area contributed by atoms with Crippen molar-refractivity contribution in [1.82, 2.24) is 14.8 Å². The third kappa shape index (κ3) is 3.82. The molecule has 1 saturated heterocycles. The fraction of sp³-hybridized carbons (Fsp3) is 0.480. The van der Waals surface area contributed by atoms with Crippen LogP contribution in [0.5, 0.6) is 5.75 Å². The number of rotatable bonds is 6. The van der Waals surface area contributed by atoms with Gasteiger partial charge in [0, 0.05) is 37.4 Å². The number of aromatic nitrogens is 3. The Hall–Kier alpha value is -3.13. The molecule has 8 heteroatoms. The molecule has 0 bridgehead atoms. The molecule has 33 heavy (non-hydrogen) atoms. The first-order valence-corrected chi connectivity index (χ1v) is 11.8. The molecule has 0 unspecified atom stereocenters. The summed E-state index contributed by atoms with van der Waals surface area (Å²) < 4.78 is 12.8. The van der Waals surface area contributed by atoms with E-state index in [0.29, 0.717) is 12.6 Å². The smallest absolute Gasteiger partial charge is 0.160 e. The molecule has 1 aliphatic carbocycles. The van der Waals surface area contributed by atoms with Gasteiger partial charge in [0.2, 0.25) is 0 Å². The number of methoxy groups -OCH3 is 1. The number of anilines is 1. The lowest BCUT2D eigenvalue weighted by atomic mass is 9.76. The lowest BCUT2D eigenvalue weighted by Crippen LogP contribution is -2.37. The Morgan fingerprint density at radius 1 is 1.15 bits per heavy atom. The highest BCUT2D eigenvalue weighted by Crippen LogP contribution is 2.44. The van der Waals surface area contributed by atoms with Crippen molar-refractivity contribution in [2.45, 2.75) is 56.7 Å². The van der Waals surface area contributed by atoms with E-state index in [1.165, 1.54) is 6.42 Å². The summed E-state index contributed by atoms with van der Waals surface area (Å²) in [4.78, 5) is 10.7. The standard InChI is InChI=1S/C25H29N5O3/c1-31-19-5-3-17(4-6-19)16-30-24-21(15-27-30)23(28-18-7-11-32-12-8-18)20(14-26-24)22-13-25(33-29-22)9-2-10-25/h3-6,14-15,18H,2,7-13,16H2,1H3,(H,26,28). The van der Waals surface area contributed by atoms with Crippen LogP contribution in [-0.2, 0) is 16.1 Å². The van der Waals surface area contributed by atoms with Crippen molar-refractivity contribution in [1.29, 1.82) is 0 Å². The zero-order valence-corrected chi connectivity index (χ0v) is 18.9. The summed E-state index contributed by atoms with van der Waals surface area (Å²) in [6.45, 7) is 2.21. The Morgan fingerprint density at radius 3 is 2.67 bits per heavy atom. The van der Waals surface area contributed by atoms with Crippen LogP contribution in [-0.4, -0.2) is 52.4 Å². The van der Waals surface area contributed by atoms with Gasteiger partial charge in [0.25, 0.3) is 0 Å². The zero-order valence-electron chi connectivity index (χ0n) is 18.9. The third-order valence-corrected chi connectivity index (χ3v) is 7.14. The van der Waals surface area contributed by atoms with Crippen LogP contribution in [0.4, 0.5) is 5.69 Å². The molecule has 1 aromatic carbocycles. The lowest BCUT2D eigenvalue weighted by molar-refractivity contribution is -0.0755. The van der Waals surface area contributed by atoms with Gasteiger partial charge in [-0.3, -0.25) is 0 Å². The minimum atomic E-state index is -0.0845. The molecule has 0 amide bonds. The second-order valence-electron chi connectivity index (χ2n) is 9.31. The minimum Gasteiger partial charge on any atom is -0.497 e. The summed E-state index contributed by atoms with van der Waals surface area (Å²) in [5.74, 6) is 0.846. The second-order valence-corrected chi connectivity index (χ2v) is 9.31. The maximum absolute atomic E-state index is 5.88. The Morgan fingerprint density at radius 2 is 1.97 bits per heavy atom. The number of fused-ring (bicyclic) bond motifs is 1. The van der Waals surface area contributed by atoms with E-state index in [4.69, 9.17) is 24.4 Å². The molecule has 0 atom stereocenters. The van der Waals surface area contributed by atoms with Crippen LogP contribution in [0.1, 0.15) is 49.7 Å². The van der Waals surface area contributed by atoms with Crippen LogP contribution >= 0.6 is 0 Å². The van der Waals surface area contributed by atoms with Crippen LogP contribution in [0.25, 0.3) is 11.0 Å². The van der Waals surface area contributed by atoms with Crippen molar-refractivity contribution in [3.8, 4) is 5.75 Å². The zero-order chi connectivity index (χ0) is 22.3. The molecule has 2 fully saturated rings. The number of hydrogen-bond acceptors (Lipinski definition) is 7. The quantitative estimate of drug-likeness (QED) is 0.612. The van der Waals surface area contributed by atoms with Crippen LogP contribution in [0.2, 0.25) is 0 Å². The predicted octanol–water partition coefficient (Wildman–Crippen LogP) is 4.13. The highest BCUT2D eigenvalue weighted by atomic mass is 16.7. The Balaban J connectivity index is 1.35. The Kier molecular flexibility index (Phi) is 5.17. The van der Waals surface area contributed by atoms with E-state index < -0.39 is 0 Å². The topological polar surface area (TPSA) is 82.8 Å². The van der Waals surface area contributed by atoms with Gasteiger partial charge >= 0.3 is 0 Å². The molecule has 1 N–H and O–H groups in total. The fourth-order valence-corrected chi connectivity index (χ4v) is 4.97. The Labute approximate surface area is 192 Å². The molecule has 4 heterocycles. The first kappa shape index (κ1) is 20.5. The van der Waals surface area contributed by atoms with Gasteiger partial charge in [-0.25, -0.2) is 9.67 Å². The first-order chi connectivity index (χ1) is 16.2. The summed E-state index contributed by atoms with van der Waals surface area (Å²) in [5.41, 5.74) is 5.00. The van der Waals surface area contributed by atoms with Crippen molar-refractivity contribution in [2.75, 3.05) is 25.6 Å². The van der Waals surface area contributed by atoms with E-state index in [1.807, 2.05) is 29.2 Å². The largest absolute Gasteiger partial charge is 0.497 e. The Bertz CT molecular complexity index is 1180. The number of nitrogens with zero attached hydrogens (tertiary/aromatic N) is 4. The van der Waals surface area contributed by atoms with Crippen molar-refractivity contribution in [2.24, 2.45) is 5.16 Å². The molecule has 6 rings (SSSR count). The van der Waals surface area contributed by atoms with Gasteiger partial charge < -0.3 is 19.6 Å². The molecular formula is C25H29N5O3. The van der Waals surface area contributed by atoms with Gasteiger partial charge in [0.1, 0.15) is 11.4 Å². The lowest BCUT2D eigenvalue weighted by Gasteiger charge is -2.34. The third-order valence-electron chi connectivity index (χ3n) is 7.14. The van der Waals surface area contributed by atoms with Gasteiger partial charge in [-0.1, -0.05) is 17.3 Å². The summed E-state index contributed by atoms with van der Waals surface area (Å²) >= 11 is 0. The average molecular weight is 448 g/mol. The molecule has 2 aromatic heterocycles. The molecule has 0 radical (unpaired) electrons. The van der Waals surface area contributed by atoms with Crippen molar-refractivity contribution in [3.63, 3.8) is 0 Å². The number of ether oxygens (including phenoxy) is 2. The summed E-state index contributed by atoms with van der Waals surface area (Å²) in [6, 6.07) is 8.42. The van der Waals surface area contributed by atoms with E-state index in [9.17, 15) is 0 Å². The molecule has 172 valence electrons. The van der Waals surface area contributed by atoms with Crippen molar-refractivity contribution < 1.29 is 14.3 Å². The van der Waals surface area contributed by atoms with Gasteiger partial charge in [0.05, 0.1) is 36.6 Å². The van der Waals surface area contributed by atoms with Gasteiger partial charge in [-0.2, -0.15) is 5.10 Å². The van der Waals surface area contributed by atoms with Gasteiger partial charge in [0.15, 0.2) is 5.65 Å². The fourth-order valence-electron chi connectivity index (χ4n) is 4.97. The van der Waals surface area contributed by atoms with E-state index in [1.54, 1.807) is 7.11 Å². The highest BCUT2D eigenvalue weighted by molar-refractivity contribution is 6.10. The number of benzene rings is 1. The van der Waals surface area contributed by atoms with E-state index >= 15 is 0 Å². The van der Waals surface area contributed by atoms with Crippen LogP contribution in [0.3, 0.4) is 0 Å². The monoisotopic (exact) mass is 447 g/mol. The molecule has 3 aromatic rings. The first-order valence-electron chi connectivity index (χ1n) is 11.8. The van der Waals surface area contributed by atoms with Crippen molar-refractivity contribution >= 4 is 22.4 Å². The normalized spacial score (nSPS) is 19.8. The van der Waals surface area contributed by atoms with E-state index in [2.05, 4.69) is 22.6 Å². The number of hydrogen-bond donors (Lipinski definition) is 1. The number of nitrogens with one attached hydrogen (secondary N) is 1. The molecule has 1 spiro atoms. The number of pyridine rings is 1. The molecule has 8 nitrogen and oxygen atoms in total. The highest BCUT2D eigenvalue weighted by Gasteiger charge is 2.45. The van der Waals surface area contributed by atoms with Gasteiger partial charge in [-0.05, 0) is 49.8 Å². The second kappa shape index (κ2) is 8.33. The van der Waals surface area contributed by atoms with Crippen LogP contribution in [0.15, 0.2) is 41.8 Å². The molecule has 2 aliphatic heterocycles. The number of oxime groups is 1. The van der Waals surface area contributed by atoms with E-state index in [-0.39, 0.29) is 5.60 Å². The molecule has 1 saturated carbocycles. The predicted molar refractivity (Wildman–Crippen MR) is 126 cm³/mol. The SMILES string of the molecule is COc1ccc(Cn2ncc3c(NC4CCOCC4)c(C4=NOC5(CCC5)C4)cnc32)cc1. The summed E-state index contributed by atoms with van der Waals surface area (Å²) in [5, 5.41) is 14.0. The molecular weight excluding hydrogens is 418 g/mol. The average Bonchev–Trinajstić information content (AvgIpc) is 3.46. The van der Waals surface area contributed by atoms with Crippen molar-refractivity contribution in [3.05, 3.63) is 47.8 Å².